The normalized spacial score (nSPS) is 26.4. The van der Waals surface area contributed by atoms with Crippen LogP contribution in [-0.4, -0.2) is 19.6 Å². The highest BCUT2D eigenvalue weighted by atomic mass is 32.2. The summed E-state index contributed by atoms with van der Waals surface area (Å²) in [6, 6.07) is 7.34. The van der Waals surface area contributed by atoms with Gasteiger partial charge in [0.25, 0.3) is 0 Å². The number of fused-ring (bicyclic) bond motifs is 1. The summed E-state index contributed by atoms with van der Waals surface area (Å²) in [4.78, 5) is 0. The Morgan fingerprint density at radius 2 is 2.05 bits per heavy atom. The summed E-state index contributed by atoms with van der Waals surface area (Å²) in [5, 5.41) is 4.68. The molecular formula is C16H22N2O3S. The van der Waals surface area contributed by atoms with Crippen LogP contribution in [0.4, 0.5) is 0 Å². The zero-order valence-electron chi connectivity index (χ0n) is 13.0. The minimum Gasteiger partial charge on any atom is -0.356 e. The van der Waals surface area contributed by atoms with E-state index in [4.69, 9.17) is 4.52 Å². The van der Waals surface area contributed by atoms with Crippen LogP contribution in [-0.2, 0) is 15.8 Å². The van der Waals surface area contributed by atoms with Crippen LogP contribution in [0.25, 0.3) is 11.0 Å². The molecular weight excluding hydrogens is 300 g/mol. The van der Waals surface area contributed by atoms with Crippen LogP contribution in [0.1, 0.15) is 38.8 Å². The summed E-state index contributed by atoms with van der Waals surface area (Å²) in [5.41, 5.74) is 1.09. The van der Waals surface area contributed by atoms with Gasteiger partial charge in [-0.3, -0.25) is 0 Å². The van der Waals surface area contributed by atoms with Crippen LogP contribution in [0, 0.1) is 11.8 Å². The van der Waals surface area contributed by atoms with Crippen molar-refractivity contribution in [2.45, 2.75) is 44.9 Å². The summed E-state index contributed by atoms with van der Waals surface area (Å²) in [7, 11) is -3.42. The number of aromatic nitrogens is 1. The highest BCUT2D eigenvalue weighted by Crippen LogP contribution is 2.30. The molecule has 0 saturated heterocycles. The Morgan fingerprint density at radius 1 is 1.27 bits per heavy atom. The first kappa shape index (κ1) is 15.5. The molecule has 0 aliphatic heterocycles. The largest absolute Gasteiger partial charge is 0.356 e. The first-order valence-corrected chi connectivity index (χ1v) is 9.45. The second-order valence-electron chi connectivity index (χ2n) is 6.38. The summed E-state index contributed by atoms with van der Waals surface area (Å²) in [5.74, 6) is 0.772. The van der Waals surface area contributed by atoms with Crippen LogP contribution >= 0.6 is 0 Å². The number of rotatable bonds is 4. The van der Waals surface area contributed by atoms with Crippen LogP contribution in [0.3, 0.4) is 0 Å². The maximum Gasteiger partial charge on any atom is 0.217 e. The molecule has 1 aliphatic rings. The molecule has 3 atom stereocenters. The zero-order chi connectivity index (χ0) is 15.7. The van der Waals surface area contributed by atoms with Crippen molar-refractivity contribution < 1.29 is 12.9 Å². The molecule has 1 fully saturated rings. The molecule has 0 radical (unpaired) electrons. The molecule has 1 aliphatic carbocycles. The Morgan fingerprint density at radius 3 is 2.86 bits per heavy atom. The van der Waals surface area contributed by atoms with Crippen LogP contribution < -0.4 is 4.72 Å². The van der Waals surface area contributed by atoms with Gasteiger partial charge in [-0.1, -0.05) is 44.0 Å². The molecule has 1 aromatic carbocycles. The zero-order valence-corrected chi connectivity index (χ0v) is 13.8. The third-order valence-corrected chi connectivity index (χ3v) is 6.13. The van der Waals surface area contributed by atoms with Crippen molar-refractivity contribution in [1.29, 1.82) is 0 Å². The van der Waals surface area contributed by atoms with Gasteiger partial charge in [0.15, 0.2) is 5.58 Å². The third kappa shape index (κ3) is 3.17. The van der Waals surface area contributed by atoms with Gasteiger partial charge in [-0.05, 0) is 30.4 Å². The van der Waals surface area contributed by atoms with Gasteiger partial charge < -0.3 is 4.52 Å². The second-order valence-corrected chi connectivity index (χ2v) is 8.13. The molecule has 0 spiro atoms. The van der Waals surface area contributed by atoms with E-state index in [0.717, 1.165) is 18.2 Å². The number of hydrogen-bond acceptors (Lipinski definition) is 4. The molecule has 2 aromatic rings. The van der Waals surface area contributed by atoms with Gasteiger partial charge >= 0.3 is 0 Å². The van der Waals surface area contributed by atoms with Crippen LogP contribution in [0.5, 0.6) is 0 Å². The molecule has 1 heterocycles. The Balaban J connectivity index is 1.76. The lowest BCUT2D eigenvalue weighted by Gasteiger charge is -2.34. The fourth-order valence-electron chi connectivity index (χ4n) is 3.24. The Hall–Kier alpha value is -1.40. The van der Waals surface area contributed by atoms with E-state index >= 15 is 0 Å². The Bertz CT molecular complexity index is 754. The molecule has 0 amide bonds. The predicted molar refractivity (Wildman–Crippen MR) is 85.7 cm³/mol. The minimum atomic E-state index is -3.42. The highest BCUT2D eigenvalue weighted by molar-refractivity contribution is 7.88. The fraction of sp³-hybridized carbons (Fsp3) is 0.562. The minimum absolute atomic E-state index is 0.0203. The van der Waals surface area contributed by atoms with E-state index in [1.807, 2.05) is 18.2 Å². The van der Waals surface area contributed by atoms with Gasteiger partial charge in [0.05, 0.1) is 0 Å². The van der Waals surface area contributed by atoms with Gasteiger partial charge in [0, 0.05) is 11.4 Å². The number of para-hydroxylation sites is 1. The van der Waals surface area contributed by atoms with E-state index in [1.165, 1.54) is 6.42 Å². The van der Waals surface area contributed by atoms with Crippen LogP contribution in [0.2, 0.25) is 0 Å². The van der Waals surface area contributed by atoms with Gasteiger partial charge in [0.1, 0.15) is 11.4 Å². The monoisotopic (exact) mass is 322 g/mol. The van der Waals surface area contributed by atoms with Crippen molar-refractivity contribution in [3.05, 3.63) is 30.0 Å². The SMILES string of the molecule is CC1CCCC(NS(=O)(=O)Cc2noc3ccccc23)C1C. The first-order valence-electron chi connectivity index (χ1n) is 7.79. The summed E-state index contributed by atoms with van der Waals surface area (Å²) in [6.07, 6.45) is 3.16. The lowest BCUT2D eigenvalue weighted by molar-refractivity contribution is 0.227. The maximum atomic E-state index is 12.5. The van der Waals surface area contributed by atoms with E-state index in [9.17, 15) is 8.42 Å². The van der Waals surface area contributed by atoms with Gasteiger partial charge in [-0.15, -0.1) is 0 Å². The molecule has 3 rings (SSSR count). The smallest absolute Gasteiger partial charge is 0.217 e. The van der Waals surface area contributed by atoms with Crippen molar-refractivity contribution in [3.8, 4) is 0 Å². The number of nitrogens with zero attached hydrogens (tertiary/aromatic N) is 1. The second kappa shape index (κ2) is 6.01. The van der Waals surface area contributed by atoms with Crippen molar-refractivity contribution in [1.82, 2.24) is 9.88 Å². The average molecular weight is 322 g/mol. The van der Waals surface area contributed by atoms with Crippen molar-refractivity contribution in [3.63, 3.8) is 0 Å². The molecule has 3 unspecified atom stereocenters. The molecule has 120 valence electrons. The lowest BCUT2D eigenvalue weighted by atomic mass is 9.78. The van der Waals surface area contributed by atoms with E-state index in [2.05, 4.69) is 23.7 Å². The lowest BCUT2D eigenvalue weighted by Crippen LogP contribution is -2.44. The topological polar surface area (TPSA) is 72.2 Å². The van der Waals surface area contributed by atoms with Crippen molar-refractivity contribution in [2.24, 2.45) is 11.8 Å². The summed E-state index contributed by atoms with van der Waals surface area (Å²) in [6.45, 7) is 4.32. The maximum absolute atomic E-state index is 12.5. The van der Waals surface area contributed by atoms with Crippen LogP contribution in [0.15, 0.2) is 28.8 Å². The van der Waals surface area contributed by atoms with Gasteiger partial charge in [-0.2, -0.15) is 0 Å². The highest BCUT2D eigenvalue weighted by Gasteiger charge is 2.30. The Labute approximate surface area is 131 Å². The molecule has 1 aromatic heterocycles. The van der Waals surface area contributed by atoms with Gasteiger partial charge in [0.2, 0.25) is 10.0 Å². The quantitative estimate of drug-likeness (QED) is 0.939. The van der Waals surface area contributed by atoms with Crippen molar-refractivity contribution in [2.75, 3.05) is 0 Å². The summed E-state index contributed by atoms with van der Waals surface area (Å²) >= 11 is 0. The van der Waals surface area contributed by atoms with E-state index in [-0.39, 0.29) is 11.8 Å². The first-order chi connectivity index (χ1) is 10.5. The molecule has 0 bridgehead atoms. The molecule has 5 nitrogen and oxygen atoms in total. The van der Waals surface area contributed by atoms with E-state index in [1.54, 1.807) is 6.07 Å². The molecule has 1 N–H and O–H groups in total. The number of sulfonamides is 1. The van der Waals surface area contributed by atoms with Crippen molar-refractivity contribution >= 4 is 21.0 Å². The van der Waals surface area contributed by atoms with E-state index < -0.39 is 10.0 Å². The number of hydrogen-bond donors (Lipinski definition) is 1. The third-order valence-electron chi connectivity index (χ3n) is 4.82. The Kier molecular flexibility index (Phi) is 4.23. The average Bonchev–Trinajstić information content (AvgIpc) is 2.86. The number of benzene rings is 1. The molecule has 6 heteroatoms. The standard InChI is InChI=1S/C16H22N2O3S/c1-11-6-5-8-14(12(11)2)18-22(19,20)10-15-13-7-3-4-9-16(13)21-17-15/h3-4,7,9,11-12,14,18H,5-6,8,10H2,1-2H3. The van der Waals surface area contributed by atoms with E-state index in [0.29, 0.717) is 23.1 Å². The molecule has 22 heavy (non-hydrogen) atoms. The van der Waals surface area contributed by atoms with Gasteiger partial charge in [-0.25, -0.2) is 13.1 Å². The fourth-order valence-corrected chi connectivity index (χ4v) is 4.69. The number of nitrogens with one attached hydrogen (secondary N) is 1. The predicted octanol–water partition coefficient (Wildman–Crippen LogP) is 3.07. The summed E-state index contributed by atoms with van der Waals surface area (Å²) < 4.78 is 33.0. The molecule has 1 saturated carbocycles.